The molecule has 1 atom stereocenters. The summed E-state index contributed by atoms with van der Waals surface area (Å²) in [6.07, 6.45) is -0.230. The highest BCUT2D eigenvalue weighted by atomic mass is 32.1. The van der Waals surface area contributed by atoms with Crippen LogP contribution in [0.2, 0.25) is 0 Å². The van der Waals surface area contributed by atoms with E-state index in [9.17, 15) is 9.59 Å². The van der Waals surface area contributed by atoms with Crippen molar-refractivity contribution in [1.82, 2.24) is 10.3 Å². The molecule has 0 spiro atoms. The van der Waals surface area contributed by atoms with E-state index in [1.54, 1.807) is 0 Å². The van der Waals surface area contributed by atoms with E-state index >= 15 is 0 Å². The molecule has 3 rings (SSSR count). The summed E-state index contributed by atoms with van der Waals surface area (Å²) in [6, 6.07) is 15.4. The molecule has 0 saturated carbocycles. The average Bonchev–Trinajstić information content (AvgIpc) is 2.96. The van der Waals surface area contributed by atoms with Crippen LogP contribution in [0.25, 0.3) is 10.2 Å². The van der Waals surface area contributed by atoms with Crippen molar-refractivity contribution >= 4 is 38.5 Å². The maximum atomic E-state index is 12.1. The molecule has 0 aliphatic carbocycles. The Kier molecular flexibility index (Phi) is 5.09. The molecule has 1 aromatic heterocycles. The van der Waals surface area contributed by atoms with Gasteiger partial charge in [-0.15, -0.1) is 0 Å². The predicted octanol–water partition coefficient (Wildman–Crippen LogP) is 3.81. The molecule has 5 nitrogen and oxygen atoms in total. The second-order valence-electron chi connectivity index (χ2n) is 5.92. The van der Waals surface area contributed by atoms with Crippen molar-refractivity contribution in [2.24, 2.45) is 0 Å². The van der Waals surface area contributed by atoms with Crippen LogP contribution >= 0.6 is 11.3 Å². The largest absolute Gasteiger partial charge is 0.349 e. The molecule has 1 heterocycles. The van der Waals surface area contributed by atoms with E-state index in [4.69, 9.17) is 0 Å². The molecule has 1 unspecified atom stereocenters. The molecular weight excluding hydrogens is 334 g/mol. The quantitative estimate of drug-likeness (QED) is 0.685. The van der Waals surface area contributed by atoms with Gasteiger partial charge in [0.15, 0.2) is 5.13 Å². The van der Waals surface area contributed by atoms with E-state index in [1.165, 1.54) is 11.3 Å². The first-order valence-corrected chi connectivity index (χ1v) is 8.84. The highest BCUT2D eigenvalue weighted by Gasteiger charge is 2.15. The Morgan fingerprint density at radius 3 is 2.64 bits per heavy atom. The fourth-order valence-corrected chi connectivity index (χ4v) is 3.49. The Balaban J connectivity index is 1.57. The first-order valence-electron chi connectivity index (χ1n) is 8.02. The zero-order chi connectivity index (χ0) is 17.8. The minimum Gasteiger partial charge on any atom is -0.349 e. The van der Waals surface area contributed by atoms with Crippen LogP contribution in [0.3, 0.4) is 0 Å². The summed E-state index contributed by atoms with van der Waals surface area (Å²) in [5, 5.41) is 6.04. The zero-order valence-electron chi connectivity index (χ0n) is 14.1. The fraction of sp³-hybridized carbons (Fsp3) is 0.211. The van der Waals surface area contributed by atoms with Gasteiger partial charge >= 0.3 is 0 Å². The van der Waals surface area contributed by atoms with Gasteiger partial charge in [0, 0.05) is 0 Å². The lowest BCUT2D eigenvalue weighted by Crippen LogP contribution is -2.30. The number of fused-ring (bicyclic) bond motifs is 1. The van der Waals surface area contributed by atoms with Crippen molar-refractivity contribution in [2.75, 3.05) is 5.32 Å². The first kappa shape index (κ1) is 17.1. The van der Waals surface area contributed by atoms with Crippen molar-refractivity contribution < 1.29 is 9.59 Å². The van der Waals surface area contributed by atoms with Gasteiger partial charge in [-0.1, -0.05) is 47.7 Å². The number of hydrogen-bond acceptors (Lipinski definition) is 4. The molecule has 0 aliphatic heterocycles. The number of benzene rings is 2. The van der Waals surface area contributed by atoms with Gasteiger partial charge in [0.1, 0.15) is 6.42 Å². The van der Waals surface area contributed by atoms with Gasteiger partial charge in [-0.2, -0.15) is 0 Å². The third-order valence-corrected chi connectivity index (χ3v) is 4.72. The number of nitrogens with zero attached hydrogens (tertiary/aromatic N) is 1. The third kappa shape index (κ3) is 4.42. The van der Waals surface area contributed by atoms with Crippen LogP contribution in [0.15, 0.2) is 48.5 Å². The SMILES string of the molecule is Cc1ccc2nc(NC(=O)CC(=O)NC(C)c3ccccc3)sc2c1. The van der Waals surface area contributed by atoms with Crippen LogP contribution < -0.4 is 10.6 Å². The summed E-state index contributed by atoms with van der Waals surface area (Å²) in [5.41, 5.74) is 2.98. The number of rotatable bonds is 5. The molecule has 2 aromatic carbocycles. The molecule has 2 amide bonds. The monoisotopic (exact) mass is 353 g/mol. The molecule has 2 N–H and O–H groups in total. The number of aromatic nitrogens is 1. The molecular formula is C19H19N3O2S. The molecule has 0 fully saturated rings. The van der Waals surface area contributed by atoms with Gasteiger partial charge in [0.25, 0.3) is 0 Å². The van der Waals surface area contributed by atoms with Gasteiger partial charge < -0.3 is 10.6 Å². The van der Waals surface area contributed by atoms with Crippen molar-refractivity contribution in [1.29, 1.82) is 0 Å². The zero-order valence-corrected chi connectivity index (χ0v) is 14.9. The number of carbonyl (C=O) groups excluding carboxylic acids is 2. The number of anilines is 1. The maximum absolute atomic E-state index is 12.1. The lowest BCUT2D eigenvalue weighted by Gasteiger charge is -2.13. The molecule has 0 saturated heterocycles. The summed E-state index contributed by atoms with van der Waals surface area (Å²) in [6.45, 7) is 3.90. The number of amides is 2. The topological polar surface area (TPSA) is 71.1 Å². The van der Waals surface area contributed by atoms with Crippen LogP contribution in [0.1, 0.15) is 30.5 Å². The number of carbonyl (C=O) groups is 2. The first-order chi connectivity index (χ1) is 12.0. The maximum Gasteiger partial charge on any atom is 0.235 e. The lowest BCUT2D eigenvalue weighted by atomic mass is 10.1. The summed E-state index contributed by atoms with van der Waals surface area (Å²) >= 11 is 1.40. The van der Waals surface area contributed by atoms with E-state index in [1.807, 2.05) is 62.4 Å². The number of hydrogen-bond donors (Lipinski definition) is 2. The summed E-state index contributed by atoms with van der Waals surface area (Å²) in [4.78, 5) is 28.5. The third-order valence-electron chi connectivity index (χ3n) is 3.79. The van der Waals surface area contributed by atoms with Crippen LogP contribution in [0.4, 0.5) is 5.13 Å². The standard InChI is InChI=1S/C19H19N3O2S/c1-12-8-9-15-16(10-12)25-19(21-15)22-18(24)11-17(23)20-13(2)14-6-4-3-5-7-14/h3-10,13H,11H2,1-2H3,(H,20,23)(H,21,22,24). The number of thiazole rings is 1. The molecule has 128 valence electrons. The van der Waals surface area contributed by atoms with Crippen LogP contribution in [-0.2, 0) is 9.59 Å². The number of nitrogens with one attached hydrogen (secondary N) is 2. The Morgan fingerprint density at radius 2 is 1.88 bits per heavy atom. The predicted molar refractivity (Wildman–Crippen MR) is 101 cm³/mol. The highest BCUT2D eigenvalue weighted by molar-refractivity contribution is 7.22. The second-order valence-corrected chi connectivity index (χ2v) is 6.95. The molecule has 0 aliphatic rings. The van der Waals surface area contributed by atoms with Gasteiger partial charge in [0.05, 0.1) is 16.3 Å². The molecule has 6 heteroatoms. The molecule has 0 radical (unpaired) electrons. The van der Waals surface area contributed by atoms with Gasteiger partial charge in [-0.25, -0.2) is 4.98 Å². The molecule has 0 bridgehead atoms. The van der Waals surface area contributed by atoms with Gasteiger partial charge in [-0.05, 0) is 37.1 Å². The molecule has 25 heavy (non-hydrogen) atoms. The highest BCUT2D eigenvalue weighted by Crippen LogP contribution is 2.26. The Labute approximate surface area is 150 Å². The van der Waals surface area contributed by atoms with E-state index in [0.29, 0.717) is 5.13 Å². The van der Waals surface area contributed by atoms with E-state index in [-0.39, 0.29) is 24.3 Å². The van der Waals surface area contributed by atoms with E-state index < -0.39 is 0 Å². The van der Waals surface area contributed by atoms with Gasteiger partial charge in [-0.3, -0.25) is 9.59 Å². The smallest absolute Gasteiger partial charge is 0.235 e. The minimum atomic E-state index is -0.367. The van der Waals surface area contributed by atoms with E-state index in [2.05, 4.69) is 15.6 Å². The van der Waals surface area contributed by atoms with Crippen molar-refractivity contribution in [3.05, 3.63) is 59.7 Å². The summed E-state index contributed by atoms with van der Waals surface area (Å²) in [7, 11) is 0. The Hall–Kier alpha value is -2.73. The minimum absolute atomic E-state index is 0.146. The van der Waals surface area contributed by atoms with Gasteiger partial charge in [0.2, 0.25) is 11.8 Å². The normalized spacial score (nSPS) is 11.9. The second kappa shape index (κ2) is 7.44. The Bertz CT molecular complexity index is 905. The van der Waals surface area contributed by atoms with Crippen LogP contribution in [0, 0.1) is 6.92 Å². The lowest BCUT2D eigenvalue weighted by molar-refractivity contribution is -0.127. The van der Waals surface area contributed by atoms with Crippen molar-refractivity contribution in [2.45, 2.75) is 26.3 Å². The van der Waals surface area contributed by atoms with Crippen molar-refractivity contribution in [3.8, 4) is 0 Å². The Morgan fingerprint density at radius 1 is 1.12 bits per heavy atom. The van der Waals surface area contributed by atoms with E-state index in [0.717, 1.165) is 21.3 Å². The van der Waals surface area contributed by atoms with Crippen molar-refractivity contribution in [3.63, 3.8) is 0 Å². The van der Waals surface area contributed by atoms with Crippen LogP contribution in [-0.4, -0.2) is 16.8 Å². The summed E-state index contributed by atoms with van der Waals surface area (Å²) in [5.74, 6) is -0.681. The molecule has 3 aromatic rings. The fourth-order valence-electron chi connectivity index (χ4n) is 2.51. The average molecular weight is 353 g/mol. The summed E-state index contributed by atoms with van der Waals surface area (Å²) < 4.78 is 1.01. The van der Waals surface area contributed by atoms with Crippen LogP contribution in [0.5, 0.6) is 0 Å². The number of aryl methyl sites for hydroxylation is 1.